The summed E-state index contributed by atoms with van der Waals surface area (Å²) in [4.78, 5) is 22.1. The highest BCUT2D eigenvalue weighted by molar-refractivity contribution is 7.14. The second-order valence-corrected chi connectivity index (χ2v) is 5.66. The number of hydrogen-bond acceptors (Lipinski definition) is 6. The van der Waals surface area contributed by atoms with Gasteiger partial charge in [0.25, 0.3) is 5.91 Å². The van der Waals surface area contributed by atoms with Crippen molar-refractivity contribution in [3.8, 4) is 5.88 Å². The van der Waals surface area contributed by atoms with E-state index in [-0.39, 0.29) is 17.5 Å². The number of amides is 1. The lowest BCUT2D eigenvalue weighted by Crippen LogP contribution is -2.15. The van der Waals surface area contributed by atoms with Crippen molar-refractivity contribution in [2.75, 3.05) is 17.3 Å². The second-order valence-electron chi connectivity index (χ2n) is 4.74. The molecule has 0 aliphatic rings. The first-order valence-electron chi connectivity index (χ1n) is 6.85. The highest BCUT2D eigenvalue weighted by Crippen LogP contribution is 2.28. The van der Waals surface area contributed by atoms with Crippen LogP contribution in [0.2, 0.25) is 0 Å². The normalized spacial score (nSPS) is 10.3. The molecule has 2 heterocycles. The molecule has 116 valence electrons. The lowest BCUT2D eigenvalue weighted by Gasteiger charge is -2.15. The van der Waals surface area contributed by atoms with E-state index in [1.54, 1.807) is 29.2 Å². The summed E-state index contributed by atoms with van der Waals surface area (Å²) in [6.45, 7) is 0. The molecule has 3 rings (SSSR count). The molecule has 0 radical (unpaired) electrons. The molecule has 0 unspecified atom stereocenters. The quantitative estimate of drug-likeness (QED) is 0.769. The molecule has 0 aliphatic heterocycles. The smallest absolute Gasteiger partial charge is 0.255 e. The summed E-state index contributed by atoms with van der Waals surface area (Å²) in [6.07, 6.45) is 1.39. The first-order valence-corrected chi connectivity index (χ1v) is 7.73. The first kappa shape index (κ1) is 15.0. The van der Waals surface area contributed by atoms with Crippen molar-refractivity contribution in [3.63, 3.8) is 0 Å². The summed E-state index contributed by atoms with van der Waals surface area (Å²) in [5.41, 5.74) is 0.661. The van der Waals surface area contributed by atoms with Gasteiger partial charge in [0.1, 0.15) is 5.69 Å². The minimum atomic E-state index is -0.330. The Labute approximate surface area is 137 Å². The van der Waals surface area contributed by atoms with Gasteiger partial charge in [0.05, 0.1) is 11.2 Å². The van der Waals surface area contributed by atoms with Gasteiger partial charge in [0, 0.05) is 12.6 Å². The standard InChI is InChI=1S/C16H14N4O2S/c1-20(13-8-5-9-23-13)16-17-10-12(15(22)19-16)18-14(21)11-6-3-2-4-7-11/h2-10H,1H3,(H,18,21)(H,17,19,22). The Bertz CT molecular complexity index is 806. The molecule has 7 heteroatoms. The monoisotopic (exact) mass is 326 g/mol. The summed E-state index contributed by atoms with van der Waals surface area (Å²) in [5.74, 6) is -0.255. The Kier molecular flexibility index (Phi) is 4.20. The van der Waals surface area contributed by atoms with Crippen LogP contribution in [0, 0.1) is 0 Å². The van der Waals surface area contributed by atoms with Crippen LogP contribution in [0.25, 0.3) is 0 Å². The van der Waals surface area contributed by atoms with Crippen molar-refractivity contribution >= 4 is 33.9 Å². The Morgan fingerprint density at radius 1 is 1.22 bits per heavy atom. The van der Waals surface area contributed by atoms with Gasteiger partial charge in [-0.1, -0.05) is 18.2 Å². The van der Waals surface area contributed by atoms with E-state index >= 15 is 0 Å². The predicted molar refractivity (Wildman–Crippen MR) is 90.5 cm³/mol. The van der Waals surface area contributed by atoms with Gasteiger partial charge >= 0.3 is 0 Å². The molecule has 2 aromatic heterocycles. The fraction of sp³-hybridized carbons (Fsp3) is 0.0625. The molecule has 0 aliphatic carbocycles. The van der Waals surface area contributed by atoms with Crippen molar-refractivity contribution in [1.29, 1.82) is 0 Å². The van der Waals surface area contributed by atoms with Crippen LogP contribution in [0.4, 0.5) is 16.6 Å². The molecule has 0 bridgehead atoms. The first-order chi connectivity index (χ1) is 11.1. The Hall–Kier alpha value is -2.93. The molecule has 1 amide bonds. The van der Waals surface area contributed by atoms with Crippen LogP contribution >= 0.6 is 11.3 Å². The van der Waals surface area contributed by atoms with E-state index in [2.05, 4.69) is 15.3 Å². The van der Waals surface area contributed by atoms with E-state index in [4.69, 9.17) is 0 Å². The van der Waals surface area contributed by atoms with Crippen molar-refractivity contribution < 1.29 is 9.90 Å². The van der Waals surface area contributed by atoms with Crippen LogP contribution in [0.15, 0.2) is 54.0 Å². The third kappa shape index (κ3) is 3.29. The van der Waals surface area contributed by atoms with Gasteiger partial charge in [-0.15, -0.1) is 11.3 Å². The minimum Gasteiger partial charge on any atom is -0.492 e. The maximum Gasteiger partial charge on any atom is 0.255 e. The van der Waals surface area contributed by atoms with Gasteiger partial charge < -0.3 is 15.3 Å². The molecule has 0 spiro atoms. The average molecular weight is 326 g/mol. The number of aromatic hydroxyl groups is 1. The van der Waals surface area contributed by atoms with Crippen LogP contribution in [-0.2, 0) is 0 Å². The van der Waals surface area contributed by atoms with Crippen LogP contribution in [0.1, 0.15) is 10.4 Å². The number of aromatic nitrogens is 2. The zero-order chi connectivity index (χ0) is 16.2. The number of rotatable bonds is 4. The van der Waals surface area contributed by atoms with Crippen LogP contribution in [0.3, 0.4) is 0 Å². The topological polar surface area (TPSA) is 78.4 Å². The number of anilines is 3. The van der Waals surface area contributed by atoms with Crippen LogP contribution in [-0.4, -0.2) is 28.0 Å². The minimum absolute atomic E-state index is 0.169. The Morgan fingerprint density at radius 3 is 2.65 bits per heavy atom. The highest BCUT2D eigenvalue weighted by Gasteiger charge is 2.14. The van der Waals surface area contributed by atoms with Crippen LogP contribution in [0.5, 0.6) is 5.88 Å². The largest absolute Gasteiger partial charge is 0.492 e. The van der Waals surface area contributed by atoms with Gasteiger partial charge in [-0.3, -0.25) is 4.79 Å². The number of hydrogen-bond donors (Lipinski definition) is 2. The summed E-state index contributed by atoms with van der Waals surface area (Å²) in [5, 5.41) is 15.5. The van der Waals surface area contributed by atoms with E-state index in [9.17, 15) is 9.90 Å². The molecule has 23 heavy (non-hydrogen) atoms. The molecule has 6 nitrogen and oxygen atoms in total. The molecule has 3 aromatic rings. The fourth-order valence-corrected chi connectivity index (χ4v) is 2.65. The van der Waals surface area contributed by atoms with Crippen molar-refractivity contribution in [3.05, 3.63) is 59.6 Å². The highest BCUT2D eigenvalue weighted by atomic mass is 32.1. The summed E-state index contributed by atoms with van der Waals surface area (Å²) in [6, 6.07) is 12.6. The second kappa shape index (κ2) is 6.45. The summed E-state index contributed by atoms with van der Waals surface area (Å²) < 4.78 is 0. The van der Waals surface area contributed by atoms with E-state index in [1.165, 1.54) is 17.5 Å². The lowest BCUT2D eigenvalue weighted by atomic mass is 10.2. The lowest BCUT2D eigenvalue weighted by molar-refractivity contribution is 0.102. The molecule has 0 atom stereocenters. The van der Waals surface area contributed by atoms with Gasteiger partial charge in [-0.2, -0.15) is 4.98 Å². The molecule has 0 saturated heterocycles. The van der Waals surface area contributed by atoms with Crippen LogP contribution < -0.4 is 10.2 Å². The van der Waals surface area contributed by atoms with E-state index in [0.29, 0.717) is 11.5 Å². The maximum absolute atomic E-state index is 12.1. The van der Waals surface area contributed by atoms with Crippen molar-refractivity contribution in [1.82, 2.24) is 9.97 Å². The molecule has 2 N–H and O–H groups in total. The third-order valence-corrected chi connectivity index (χ3v) is 4.12. The molecular formula is C16H14N4O2S. The van der Waals surface area contributed by atoms with Crippen molar-refractivity contribution in [2.24, 2.45) is 0 Å². The van der Waals surface area contributed by atoms with E-state index < -0.39 is 0 Å². The molecule has 0 saturated carbocycles. The number of carbonyl (C=O) groups is 1. The predicted octanol–water partition coefficient (Wildman–Crippen LogP) is 3.26. The molecule has 1 aromatic carbocycles. The van der Waals surface area contributed by atoms with E-state index in [0.717, 1.165) is 5.00 Å². The van der Waals surface area contributed by atoms with Gasteiger partial charge in [-0.05, 0) is 29.6 Å². The number of nitrogens with one attached hydrogen (secondary N) is 1. The molecular weight excluding hydrogens is 312 g/mol. The van der Waals surface area contributed by atoms with E-state index in [1.807, 2.05) is 30.6 Å². The number of thiophene rings is 1. The number of nitrogens with zero attached hydrogens (tertiary/aromatic N) is 3. The SMILES string of the molecule is CN(c1ncc(NC(=O)c2ccccc2)c(O)n1)c1cccs1. The fourth-order valence-electron chi connectivity index (χ4n) is 1.96. The third-order valence-electron chi connectivity index (χ3n) is 3.18. The van der Waals surface area contributed by atoms with Gasteiger partial charge in [0.15, 0.2) is 0 Å². The van der Waals surface area contributed by atoms with Crippen molar-refractivity contribution in [2.45, 2.75) is 0 Å². The van der Waals surface area contributed by atoms with Gasteiger partial charge in [0.2, 0.25) is 11.8 Å². The Balaban J connectivity index is 1.79. The average Bonchev–Trinajstić information content (AvgIpc) is 3.11. The Morgan fingerprint density at radius 2 is 2.00 bits per heavy atom. The number of benzene rings is 1. The molecule has 0 fully saturated rings. The van der Waals surface area contributed by atoms with Gasteiger partial charge in [-0.25, -0.2) is 4.98 Å². The zero-order valence-electron chi connectivity index (χ0n) is 12.3. The maximum atomic E-state index is 12.1. The zero-order valence-corrected chi connectivity index (χ0v) is 13.1. The number of carbonyl (C=O) groups excluding carboxylic acids is 1. The summed E-state index contributed by atoms with van der Waals surface area (Å²) >= 11 is 1.54. The summed E-state index contributed by atoms with van der Waals surface area (Å²) in [7, 11) is 1.81.